The van der Waals surface area contributed by atoms with Crippen molar-refractivity contribution in [1.29, 1.82) is 0 Å². The van der Waals surface area contributed by atoms with E-state index in [-0.39, 0.29) is 29.6 Å². The zero-order valence-corrected chi connectivity index (χ0v) is 21.4. The molecular formula is C31H30FN3O4. The number of piperidine rings is 1. The number of halogens is 1. The standard InChI is InChI=1S/C31H30FN3O4/c32-23-11-12-26-25(18-23)31(29(37)33-30(38)34-31)19-27(39-26)28(36)35-15-13-20(14-16-35)17-24(21-7-3-1-4-8-21)22-9-5-2-6-10-22/h1-12,18,20,24,27H,13-17,19H2,(H2,33,34,37,38)/t27-,31-/m0/s1. The molecule has 7 nitrogen and oxygen atoms in total. The minimum Gasteiger partial charge on any atom is -0.480 e. The van der Waals surface area contributed by atoms with Crippen molar-refractivity contribution in [2.45, 2.75) is 43.2 Å². The first-order chi connectivity index (χ1) is 18.9. The molecule has 4 amide bonds. The number of urea groups is 1. The number of benzene rings is 3. The summed E-state index contributed by atoms with van der Waals surface area (Å²) in [6.45, 7) is 1.17. The van der Waals surface area contributed by atoms with Crippen LogP contribution in [-0.2, 0) is 15.1 Å². The summed E-state index contributed by atoms with van der Waals surface area (Å²) >= 11 is 0. The van der Waals surface area contributed by atoms with E-state index in [0.29, 0.717) is 19.0 Å². The van der Waals surface area contributed by atoms with Crippen LogP contribution in [0.3, 0.4) is 0 Å². The molecule has 3 aliphatic rings. The molecule has 0 unspecified atom stereocenters. The highest BCUT2D eigenvalue weighted by atomic mass is 19.1. The summed E-state index contributed by atoms with van der Waals surface area (Å²) in [5.41, 5.74) is 1.26. The lowest BCUT2D eigenvalue weighted by atomic mass is 9.79. The monoisotopic (exact) mass is 527 g/mol. The molecule has 3 aromatic carbocycles. The molecule has 39 heavy (non-hydrogen) atoms. The molecule has 0 bridgehead atoms. The van der Waals surface area contributed by atoms with Crippen LogP contribution in [0.4, 0.5) is 9.18 Å². The third kappa shape index (κ3) is 4.75. The van der Waals surface area contributed by atoms with Gasteiger partial charge in [0.2, 0.25) is 0 Å². The Kier molecular flexibility index (Phi) is 6.54. The number of hydrogen-bond acceptors (Lipinski definition) is 4. The van der Waals surface area contributed by atoms with Crippen molar-refractivity contribution in [2.75, 3.05) is 13.1 Å². The van der Waals surface area contributed by atoms with Crippen LogP contribution < -0.4 is 15.4 Å². The molecule has 6 rings (SSSR count). The van der Waals surface area contributed by atoms with E-state index in [9.17, 15) is 18.8 Å². The number of fused-ring (bicyclic) bond motifs is 2. The zero-order chi connectivity index (χ0) is 27.0. The summed E-state index contributed by atoms with van der Waals surface area (Å²) in [5.74, 6) is -0.431. The summed E-state index contributed by atoms with van der Waals surface area (Å²) in [6.07, 6.45) is 1.65. The van der Waals surface area contributed by atoms with Crippen molar-refractivity contribution in [1.82, 2.24) is 15.5 Å². The molecule has 1 spiro atoms. The molecule has 2 fully saturated rings. The second kappa shape index (κ2) is 10.2. The zero-order valence-electron chi connectivity index (χ0n) is 21.4. The summed E-state index contributed by atoms with van der Waals surface area (Å²) in [5, 5.41) is 4.87. The largest absolute Gasteiger partial charge is 0.480 e. The fourth-order valence-corrected chi connectivity index (χ4v) is 6.25. The average Bonchev–Trinajstić information content (AvgIpc) is 3.25. The van der Waals surface area contributed by atoms with Gasteiger partial charge in [0.25, 0.3) is 11.8 Å². The lowest BCUT2D eigenvalue weighted by molar-refractivity contribution is -0.143. The van der Waals surface area contributed by atoms with E-state index >= 15 is 0 Å². The number of amides is 4. The highest BCUT2D eigenvalue weighted by molar-refractivity contribution is 6.08. The third-order valence-electron chi connectivity index (χ3n) is 8.28. The molecule has 3 aromatic rings. The number of likely N-dealkylation sites (tertiary alicyclic amines) is 1. The van der Waals surface area contributed by atoms with Crippen molar-refractivity contribution >= 4 is 17.8 Å². The topological polar surface area (TPSA) is 87.7 Å². The Balaban J connectivity index is 1.16. The maximum atomic E-state index is 14.1. The number of ether oxygens (including phenoxy) is 1. The summed E-state index contributed by atoms with van der Waals surface area (Å²) in [4.78, 5) is 40.3. The van der Waals surface area contributed by atoms with Crippen molar-refractivity contribution in [3.8, 4) is 5.75 Å². The molecule has 2 saturated heterocycles. The maximum absolute atomic E-state index is 14.1. The fourth-order valence-electron chi connectivity index (χ4n) is 6.25. The van der Waals surface area contributed by atoms with E-state index in [0.717, 1.165) is 19.3 Å². The molecule has 3 aliphatic heterocycles. The van der Waals surface area contributed by atoms with Crippen LogP contribution in [0.25, 0.3) is 0 Å². The van der Waals surface area contributed by atoms with Crippen molar-refractivity contribution in [2.24, 2.45) is 5.92 Å². The number of hydrogen-bond donors (Lipinski definition) is 2. The van der Waals surface area contributed by atoms with Gasteiger partial charge in [-0.05, 0) is 54.5 Å². The Morgan fingerprint density at radius 2 is 1.62 bits per heavy atom. The Morgan fingerprint density at radius 1 is 0.974 bits per heavy atom. The van der Waals surface area contributed by atoms with Gasteiger partial charge in [-0.2, -0.15) is 0 Å². The minimum absolute atomic E-state index is 0.0934. The van der Waals surface area contributed by atoms with Gasteiger partial charge in [-0.25, -0.2) is 9.18 Å². The first-order valence-corrected chi connectivity index (χ1v) is 13.4. The van der Waals surface area contributed by atoms with Crippen LogP contribution >= 0.6 is 0 Å². The van der Waals surface area contributed by atoms with E-state index in [4.69, 9.17) is 4.74 Å². The van der Waals surface area contributed by atoms with Crippen LogP contribution in [-0.4, -0.2) is 41.9 Å². The highest BCUT2D eigenvalue weighted by Crippen LogP contribution is 2.42. The van der Waals surface area contributed by atoms with E-state index in [1.807, 2.05) is 12.1 Å². The number of carbonyl (C=O) groups is 3. The normalized spacial score (nSPS) is 22.8. The van der Waals surface area contributed by atoms with Gasteiger partial charge in [-0.3, -0.25) is 14.9 Å². The molecule has 0 aliphatic carbocycles. The van der Waals surface area contributed by atoms with Crippen molar-refractivity contribution in [3.63, 3.8) is 0 Å². The molecule has 0 aromatic heterocycles. The Hall–Kier alpha value is -4.20. The van der Waals surface area contributed by atoms with Gasteiger partial charge in [0.1, 0.15) is 11.6 Å². The van der Waals surface area contributed by atoms with Gasteiger partial charge in [0, 0.05) is 31.0 Å². The van der Waals surface area contributed by atoms with E-state index in [2.05, 4.69) is 59.2 Å². The number of nitrogens with one attached hydrogen (secondary N) is 2. The lowest BCUT2D eigenvalue weighted by Gasteiger charge is -2.40. The van der Waals surface area contributed by atoms with Gasteiger partial charge in [-0.15, -0.1) is 0 Å². The maximum Gasteiger partial charge on any atom is 0.322 e. The average molecular weight is 528 g/mol. The molecule has 8 heteroatoms. The predicted molar refractivity (Wildman–Crippen MR) is 142 cm³/mol. The molecule has 2 N–H and O–H groups in total. The van der Waals surface area contributed by atoms with Crippen LogP contribution in [0.1, 0.15) is 48.3 Å². The molecule has 0 radical (unpaired) electrons. The van der Waals surface area contributed by atoms with Crippen molar-refractivity contribution in [3.05, 3.63) is 101 Å². The van der Waals surface area contributed by atoms with Crippen LogP contribution in [0.2, 0.25) is 0 Å². The smallest absolute Gasteiger partial charge is 0.322 e. The number of rotatable bonds is 5. The SMILES string of the molecule is O=C1NC(=O)[C@@]2(C[C@@H](C(=O)N3CCC(CC(c4ccccc4)c4ccccc4)CC3)Oc3ccc(F)cc32)N1. The predicted octanol–water partition coefficient (Wildman–Crippen LogP) is 4.47. The van der Waals surface area contributed by atoms with Crippen LogP contribution in [0.15, 0.2) is 78.9 Å². The number of nitrogens with zero attached hydrogens (tertiary/aromatic N) is 1. The summed E-state index contributed by atoms with van der Waals surface area (Å²) in [7, 11) is 0. The Labute approximate surface area is 226 Å². The van der Waals surface area contributed by atoms with Crippen LogP contribution in [0, 0.1) is 11.7 Å². The quantitative estimate of drug-likeness (QED) is 0.480. The van der Waals surface area contributed by atoms with E-state index in [1.165, 1.54) is 29.3 Å². The van der Waals surface area contributed by atoms with Crippen molar-refractivity contribution < 1.29 is 23.5 Å². The van der Waals surface area contributed by atoms with E-state index in [1.54, 1.807) is 4.90 Å². The number of carbonyl (C=O) groups excluding carboxylic acids is 3. The minimum atomic E-state index is -1.54. The molecule has 200 valence electrons. The summed E-state index contributed by atoms with van der Waals surface area (Å²) < 4.78 is 20.1. The van der Waals surface area contributed by atoms with Gasteiger partial charge >= 0.3 is 6.03 Å². The van der Waals surface area contributed by atoms with Gasteiger partial charge < -0.3 is 15.0 Å². The fraction of sp³-hybridized carbons (Fsp3) is 0.323. The molecule has 0 saturated carbocycles. The lowest BCUT2D eigenvalue weighted by Crippen LogP contribution is -2.55. The Morgan fingerprint density at radius 3 is 2.21 bits per heavy atom. The van der Waals surface area contributed by atoms with Gasteiger partial charge in [-0.1, -0.05) is 60.7 Å². The Bertz CT molecular complexity index is 1350. The highest BCUT2D eigenvalue weighted by Gasteiger charge is 2.55. The summed E-state index contributed by atoms with van der Waals surface area (Å²) in [6, 6.07) is 24.2. The first-order valence-electron chi connectivity index (χ1n) is 13.4. The second-order valence-electron chi connectivity index (χ2n) is 10.6. The van der Waals surface area contributed by atoms with Crippen LogP contribution in [0.5, 0.6) is 5.75 Å². The van der Waals surface area contributed by atoms with Gasteiger partial charge in [0.15, 0.2) is 11.6 Å². The van der Waals surface area contributed by atoms with Gasteiger partial charge in [0.05, 0.1) is 0 Å². The third-order valence-corrected chi connectivity index (χ3v) is 8.28. The molecule has 3 heterocycles. The first kappa shape index (κ1) is 25.1. The number of imide groups is 1. The molecule has 2 atom stereocenters. The molecular weight excluding hydrogens is 497 g/mol. The van der Waals surface area contributed by atoms with E-state index < -0.39 is 29.4 Å². The second-order valence-corrected chi connectivity index (χ2v) is 10.6.